The molecule has 0 bridgehead atoms. The van der Waals surface area contributed by atoms with E-state index in [1.54, 1.807) is 6.92 Å². The van der Waals surface area contributed by atoms with Gasteiger partial charge < -0.3 is 10.4 Å². The summed E-state index contributed by atoms with van der Waals surface area (Å²) in [6, 6.07) is 0. The van der Waals surface area contributed by atoms with E-state index in [0.29, 0.717) is 21.6 Å². The van der Waals surface area contributed by atoms with Crippen LogP contribution in [0.4, 0.5) is 5.13 Å². The molecule has 0 aliphatic heterocycles. The maximum absolute atomic E-state index is 10.7. The van der Waals surface area contributed by atoms with Crippen molar-refractivity contribution in [2.75, 3.05) is 11.9 Å². The fraction of sp³-hybridized carbons (Fsp3) is 0.556. The number of carboxylic acid groups (broad SMARTS) is 1. The molecule has 78 valence electrons. The van der Waals surface area contributed by atoms with Crippen molar-refractivity contribution in [2.45, 2.75) is 20.8 Å². The summed E-state index contributed by atoms with van der Waals surface area (Å²) in [5.74, 6) is -0.384. The van der Waals surface area contributed by atoms with E-state index in [9.17, 15) is 4.79 Å². The van der Waals surface area contributed by atoms with Gasteiger partial charge >= 0.3 is 5.97 Å². The second-order valence-corrected chi connectivity index (χ2v) is 4.51. The monoisotopic (exact) mass is 214 g/mol. The Hall–Kier alpha value is -1.10. The molecular formula is C9H14N2O2S. The predicted molar refractivity (Wildman–Crippen MR) is 57.1 cm³/mol. The minimum Gasteiger partial charge on any atom is -0.477 e. The maximum Gasteiger partial charge on any atom is 0.347 e. The lowest BCUT2D eigenvalue weighted by molar-refractivity contribution is 0.0701. The largest absolute Gasteiger partial charge is 0.477 e. The van der Waals surface area contributed by atoms with Gasteiger partial charge in [-0.25, -0.2) is 9.78 Å². The second-order valence-electron chi connectivity index (χ2n) is 3.51. The summed E-state index contributed by atoms with van der Waals surface area (Å²) in [4.78, 5) is 15.2. The molecule has 0 saturated heterocycles. The fourth-order valence-electron chi connectivity index (χ4n) is 0.962. The Balaban J connectivity index is 2.71. The summed E-state index contributed by atoms with van der Waals surface area (Å²) < 4.78 is 0. The zero-order valence-corrected chi connectivity index (χ0v) is 9.31. The van der Waals surface area contributed by atoms with Crippen LogP contribution in [0.5, 0.6) is 0 Å². The molecule has 1 aromatic rings. The standard InChI is InChI=1S/C9H14N2O2S/c1-5(2)4-10-9-11-6(3)7(14-9)8(12)13/h5H,4H2,1-3H3,(H,10,11)(H,12,13). The number of aryl methyl sites for hydroxylation is 1. The molecule has 1 heterocycles. The minimum absolute atomic E-state index is 0.316. The zero-order chi connectivity index (χ0) is 10.7. The molecule has 0 aromatic carbocycles. The third-order valence-electron chi connectivity index (χ3n) is 1.65. The van der Waals surface area contributed by atoms with E-state index in [1.807, 2.05) is 0 Å². The average Bonchev–Trinajstić information content (AvgIpc) is 2.43. The molecule has 0 saturated carbocycles. The van der Waals surface area contributed by atoms with Gasteiger partial charge in [-0.1, -0.05) is 25.2 Å². The number of nitrogens with zero attached hydrogens (tertiary/aromatic N) is 1. The van der Waals surface area contributed by atoms with Gasteiger partial charge in [-0.2, -0.15) is 0 Å². The Morgan fingerprint density at radius 3 is 2.71 bits per heavy atom. The first-order valence-electron chi connectivity index (χ1n) is 4.45. The quantitative estimate of drug-likeness (QED) is 0.806. The van der Waals surface area contributed by atoms with E-state index in [0.717, 1.165) is 6.54 Å². The topological polar surface area (TPSA) is 62.2 Å². The van der Waals surface area contributed by atoms with Crippen LogP contribution in [0.15, 0.2) is 0 Å². The SMILES string of the molecule is Cc1nc(NCC(C)C)sc1C(=O)O. The number of carboxylic acids is 1. The van der Waals surface area contributed by atoms with E-state index >= 15 is 0 Å². The number of nitrogens with one attached hydrogen (secondary N) is 1. The number of rotatable bonds is 4. The molecule has 5 heteroatoms. The van der Waals surface area contributed by atoms with Crippen LogP contribution in [-0.4, -0.2) is 22.6 Å². The number of aromatic nitrogens is 1. The van der Waals surface area contributed by atoms with Crippen LogP contribution in [0, 0.1) is 12.8 Å². The van der Waals surface area contributed by atoms with E-state index in [4.69, 9.17) is 5.11 Å². The van der Waals surface area contributed by atoms with Crippen molar-refractivity contribution in [1.29, 1.82) is 0 Å². The lowest BCUT2D eigenvalue weighted by atomic mass is 10.2. The Morgan fingerprint density at radius 1 is 1.64 bits per heavy atom. The smallest absolute Gasteiger partial charge is 0.347 e. The molecule has 0 radical (unpaired) electrons. The van der Waals surface area contributed by atoms with Crippen molar-refractivity contribution in [3.63, 3.8) is 0 Å². The van der Waals surface area contributed by atoms with E-state index in [2.05, 4.69) is 24.1 Å². The van der Waals surface area contributed by atoms with E-state index in [-0.39, 0.29) is 0 Å². The van der Waals surface area contributed by atoms with Crippen molar-refractivity contribution in [3.05, 3.63) is 10.6 Å². The first-order valence-corrected chi connectivity index (χ1v) is 5.27. The lowest BCUT2D eigenvalue weighted by Crippen LogP contribution is -2.07. The van der Waals surface area contributed by atoms with Gasteiger partial charge in [-0.3, -0.25) is 0 Å². The number of hydrogen-bond donors (Lipinski definition) is 2. The van der Waals surface area contributed by atoms with Crippen LogP contribution in [0.3, 0.4) is 0 Å². The van der Waals surface area contributed by atoms with E-state index in [1.165, 1.54) is 11.3 Å². The Morgan fingerprint density at radius 2 is 2.29 bits per heavy atom. The van der Waals surface area contributed by atoms with E-state index < -0.39 is 5.97 Å². The molecule has 0 spiro atoms. The summed E-state index contributed by atoms with van der Waals surface area (Å²) in [5, 5.41) is 12.6. The highest BCUT2D eigenvalue weighted by Crippen LogP contribution is 2.22. The third kappa shape index (κ3) is 2.70. The van der Waals surface area contributed by atoms with Gasteiger partial charge in [-0.05, 0) is 12.8 Å². The number of carbonyl (C=O) groups is 1. The van der Waals surface area contributed by atoms with Gasteiger partial charge in [0.25, 0.3) is 0 Å². The van der Waals surface area contributed by atoms with Crippen LogP contribution in [0.2, 0.25) is 0 Å². The van der Waals surface area contributed by atoms with Gasteiger partial charge in [0.05, 0.1) is 5.69 Å². The van der Waals surface area contributed by atoms with Crippen molar-refractivity contribution in [1.82, 2.24) is 4.98 Å². The van der Waals surface area contributed by atoms with Crippen molar-refractivity contribution in [2.24, 2.45) is 5.92 Å². The molecular weight excluding hydrogens is 200 g/mol. The molecule has 1 rings (SSSR count). The normalized spacial score (nSPS) is 10.6. The van der Waals surface area contributed by atoms with Gasteiger partial charge in [-0.15, -0.1) is 0 Å². The Kier molecular flexibility index (Phi) is 3.46. The number of hydrogen-bond acceptors (Lipinski definition) is 4. The fourth-order valence-corrected chi connectivity index (χ4v) is 1.77. The minimum atomic E-state index is -0.905. The summed E-state index contributed by atoms with van der Waals surface area (Å²) in [7, 11) is 0. The van der Waals surface area contributed by atoms with Crippen LogP contribution in [-0.2, 0) is 0 Å². The highest BCUT2D eigenvalue weighted by Gasteiger charge is 2.13. The Labute approximate surface area is 87.0 Å². The van der Waals surface area contributed by atoms with Gasteiger partial charge in [0.15, 0.2) is 5.13 Å². The van der Waals surface area contributed by atoms with Gasteiger partial charge in [0, 0.05) is 6.54 Å². The molecule has 0 aliphatic rings. The molecule has 4 nitrogen and oxygen atoms in total. The van der Waals surface area contributed by atoms with Gasteiger partial charge in [0.2, 0.25) is 0 Å². The molecule has 0 unspecified atom stereocenters. The van der Waals surface area contributed by atoms with Crippen LogP contribution < -0.4 is 5.32 Å². The summed E-state index contributed by atoms with van der Waals surface area (Å²) in [6.07, 6.45) is 0. The molecule has 0 aliphatic carbocycles. The highest BCUT2D eigenvalue weighted by atomic mass is 32.1. The first kappa shape index (κ1) is 11.0. The van der Waals surface area contributed by atoms with Crippen molar-refractivity contribution in [3.8, 4) is 0 Å². The van der Waals surface area contributed by atoms with Crippen LogP contribution in [0.25, 0.3) is 0 Å². The molecule has 2 N–H and O–H groups in total. The third-order valence-corrected chi connectivity index (χ3v) is 2.76. The number of aromatic carboxylic acids is 1. The first-order chi connectivity index (χ1) is 6.50. The Bertz CT molecular complexity index is 334. The second kappa shape index (κ2) is 4.41. The van der Waals surface area contributed by atoms with Gasteiger partial charge in [0.1, 0.15) is 4.88 Å². The average molecular weight is 214 g/mol. The van der Waals surface area contributed by atoms with Crippen molar-refractivity contribution < 1.29 is 9.90 Å². The highest BCUT2D eigenvalue weighted by molar-refractivity contribution is 7.17. The molecule has 0 amide bonds. The number of thiazole rings is 1. The predicted octanol–water partition coefficient (Wildman–Crippen LogP) is 2.22. The van der Waals surface area contributed by atoms with Crippen molar-refractivity contribution >= 4 is 22.4 Å². The molecule has 14 heavy (non-hydrogen) atoms. The maximum atomic E-state index is 10.7. The summed E-state index contributed by atoms with van der Waals surface area (Å²) in [5.41, 5.74) is 0.578. The molecule has 1 aromatic heterocycles. The number of anilines is 1. The van der Waals surface area contributed by atoms with Crippen LogP contribution in [0.1, 0.15) is 29.2 Å². The molecule has 0 atom stereocenters. The summed E-state index contributed by atoms with van der Waals surface area (Å²) in [6.45, 7) is 6.70. The zero-order valence-electron chi connectivity index (χ0n) is 8.50. The lowest BCUT2D eigenvalue weighted by Gasteiger charge is -2.04. The summed E-state index contributed by atoms with van der Waals surface area (Å²) >= 11 is 1.19. The van der Waals surface area contributed by atoms with Crippen LogP contribution >= 0.6 is 11.3 Å². The molecule has 0 fully saturated rings.